The average molecular weight is 861 g/mol. The molecule has 4 amide bonds. The van der Waals surface area contributed by atoms with E-state index < -0.39 is 46.8 Å². The normalized spacial score (nSPS) is 26.1. The van der Waals surface area contributed by atoms with E-state index in [0.717, 1.165) is 30.6 Å². The molecule has 3 fully saturated rings. The number of fused-ring (bicyclic) bond motifs is 5. The van der Waals surface area contributed by atoms with Crippen molar-refractivity contribution >= 4 is 95.7 Å². The molecule has 280 valence electrons. The first-order valence-electron chi connectivity index (χ1n) is 17.8. The van der Waals surface area contributed by atoms with E-state index in [4.69, 9.17) is 33.0 Å². The van der Waals surface area contributed by atoms with Gasteiger partial charge in [0.25, 0.3) is 0 Å². The molecule has 14 heteroatoms. The minimum absolute atomic E-state index is 0.0179. The molecule has 2 aromatic heterocycles. The molecule has 4 heterocycles. The fourth-order valence-electron chi connectivity index (χ4n) is 9.59. The third kappa shape index (κ3) is 5.14. The lowest BCUT2D eigenvalue weighted by Gasteiger charge is -2.49. The maximum absolute atomic E-state index is 15.2. The molecule has 2 aliphatic heterocycles. The first-order chi connectivity index (χ1) is 26.2. The lowest BCUT2D eigenvalue weighted by atomic mass is 9.51. The molecule has 9 rings (SSSR count). The van der Waals surface area contributed by atoms with Crippen LogP contribution in [0.5, 0.6) is 11.5 Å². The van der Waals surface area contributed by atoms with Crippen molar-refractivity contribution in [1.29, 1.82) is 0 Å². The molecular formula is C41H33BrCl2N4O6S. The van der Waals surface area contributed by atoms with Crippen LogP contribution < -0.4 is 14.5 Å². The van der Waals surface area contributed by atoms with Gasteiger partial charge < -0.3 is 9.84 Å². The van der Waals surface area contributed by atoms with Gasteiger partial charge in [0.2, 0.25) is 23.6 Å². The minimum atomic E-state index is -1.34. The number of rotatable bonds is 5. The largest absolute Gasteiger partial charge is 0.503 e. The van der Waals surface area contributed by atoms with E-state index >= 15 is 4.79 Å². The predicted octanol–water partition coefficient (Wildman–Crippen LogP) is 8.83. The zero-order chi connectivity index (χ0) is 38.8. The highest BCUT2D eigenvalue weighted by Gasteiger charge is 2.68. The number of amides is 4. The molecule has 55 heavy (non-hydrogen) atoms. The molecule has 1 N–H and O–H groups in total. The highest BCUT2D eigenvalue weighted by Crippen LogP contribution is 2.64. The Morgan fingerprint density at radius 1 is 0.964 bits per heavy atom. The van der Waals surface area contributed by atoms with Crippen LogP contribution in [0, 0.1) is 36.0 Å². The second-order valence-electron chi connectivity index (χ2n) is 14.9. The number of ether oxygens (including phenoxy) is 1. The van der Waals surface area contributed by atoms with Crippen LogP contribution in [0.2, 0.25) is 10.0 Å². The van der Waals surface area contributed by atoms with Gasteiger partial charge in [0, 0.05) is 33.2 Å². The summed E-state index contributed by atoms with van der Waals surface area (Å²) in [5, 5.41) is 17.2. The Hall–Kier alpha value is -4.49. The quantitative estimate of drug-likeness (QED) is 0.139. The molecular weight excluding hydrogens is 827 g/mol. The van der Waals surface area contributed by atoms with Crippen LogP contribution in [0.1, 0.15) is 36.8 Å². The van der Waals surface area contributed by atoms with Gasteiger partial charge in [0.1, 0.15) is 11.5 Å². The number of nitrogens with zero attached hydrogens (tertiary/aromatic N) is 4. The molecule has 6 atom stereocenters. The van der Waals surface area contributed by atoms with Gasteiger partial charge in [-0.2, -0.15) is 5.10 Å². The summed E-state index contributed by atoms with van der Waals surface area (Å²) in [4.78, 5) is 61.9. The average Bonchev–Trinajstić information content (AvgIpc) is 3.83. The number of allylic oxidation sites excluding steroid dienone is 2. The zero-order valence-corrected chi connectivity index (χ0v) is 33.9. The smallest absolute Gasteiger partial charge is 0.242 e. The van der Waals surface area contributed by atoms with Crippen LogP contribution in [0.25, 0.3) is 20.7 Å². The summed E-state index contributed by atoms with van der Waals surface area (Å²) in [5.74, 6) is -4.82. The van der Waals surface area contributed by atoms with E-state index in [0.29, 0.717) is 27.8 Å². The van der Waals surface area contributed by atoms with Crippen molar-refractivity contribution in [3.8, 4) is 22.1 Å². The number of aryl methyl sites for hydroxylation is 2. The summed E-state index contributed by atoms with van der Waals surface area (Å²) >= 11 is 17.9. The summed E-state index contributed by atoms with van der Waals surface area (Å²) in [6, 6.07) is 17.7. The number of hydrogen-bond donors (Lipinski definition) is 1. The Kier molecular flexibility index (Phi) is 8.40. The van der Waals surface area contributed by atoms with E-state index in [1.54, 1.807) is 72.5 Å². The van der Waals surface area contributed by atoms with Gasteiger partial charge in [-0.3, -0.25) is 28.8 Å². The van der Waals surface area contributed by atoms with E-state index in [2.05, 4.69) is 15.9 Å². The van der Waals surface area contributed by atoms with Crippen LogP contribution in [0.15, 0.2) is 76.8 Å². The van der Waals surface area contributed by atoms with Crippen molar-refractivity contribution in [2.45, 2.75) is 32.6 Å². The number of phenolic OH excluding ortho intramolecular Hbond substituents is 1. The van der Waals surface area contributed by atoms with Gasteiger partial charge in [-0.1, -0.05) is 50.8 Å². The maximum Gasteiger partial charge on any atom is 0.242 e. The van der Waals surface area contributed by atoms with Crippen LogP contribution in [-0.4, -0.2) is 45.6 Å². The van der Waals surface area contributed by atoms with Crippen molar-refractivity contribution in [2.24, 2.45) is 36.1 Å². The molecule has 0 spiro atoms. The Balaban J connectivity index is 1.17. The van der Waals surface area contributed by atoms with Crippen LogP contribution in [0.4, 0.5) is 11.5 Å². The van der Waals surface area contributed by atoms with Crippen molar-refractivity contribution in [3.05, 3.63) is 98.0 Å². The number of carbonyl (C=O) groups excluding carboxylic acids is 4. The highest BCUT2D eigenvalue weighted by molar-refractivity contribution is 9.10. The number of halogens is 3. The number of benzene rings is 3. The Morgan fingerprint density at radius 2 is 1.71 bits per heavy atom. The van der Waals surface area contributed by atoms with E-state index in [9.17, 15) is 19.5 Å². The fraction of sp³-hybridized carbons (Fsp3) is 0.293. The number of methoxy groups -OCH3 is 1. The van der Waals surface area contributed by atoms with E-state index in [-0.39, 0.29) is 41.2 Å². The van der Waals surface area contributed by atoms with Gasteiger partial charge in [-0.25, -0.2) is 4.90 Å². The van der Waals surface area contributed by atoms with Crippen molar-refractivity contribution < 1.29 is 29.0 Å². The van der Waals surface area contributed by atoms with Crippen molar-refractivity contribution in [2.75, 3.05) is 16.9 Å². The maximum atomic E-state index is 15.2. The third-order valence-electron chi connectivity index (χ3n) is 12.2. The molecule has 3 aromatic carbocycles. The van der Waals surface area contributed by atoms with Gasteiger partial charge >= 0.3 is 0 Å². The predicted molar refractivity (Wildman–Crippen MR) is 215 cm³/mol. The Labute approximate surface area is 338 Å². The second-order valence-corrected chi connectivity index (χ2v) is 17.7. The third-order valence-corrected chi connectivity index (χ3v) is 14.5. The minimum Gasteiger partial charge on any atom is -0.503 e. The molecule has 6 unspecified atom stereocenters. The highest BCUT2D eigenvalue weighted by atomic mass is 79.9. The monoisotopic (exact) mass is 858 g/mol. The summed E-state index contributed by atoms with van der Waals surface area (Å²) in [6.45, 7) is 3.80. The summed E-state index contributed by atoms with van der Waals surface area (Å²) in [7, 11) is 3.12. The first-order valence-corrected chi connectivity index (χ1v) is 20.1. The van der Waals surface area contributed by atoms with Gasteiger partial charge in [-0.15, -0.1) is 11.3 Å². The van der Waals surface area contributed by atoms with Gasteiger partial charge in [-0.05, 0) is 104 Å². The molecule has 10 nitrogen and oxygen atoms in total. The number of phenols is 1. The number of carbonyl (C=O) groups is 4. The number of thiophene rings is 1. The standard InChI is InChI=1S/C41H33BrCl2N4O6S/c1-18-25-15-21(43)7-12-31(25)55-36(18)29-17-32(46(3)45-29)48-38(51)27-16-26-23(34(41(27,2)40(48)53)19-13-28(44)35(49)30(14-19)54-4)10-11-24-33(26)39(52)47(37(24)50)22-8-5-20(42)6-9-22/h5-10,12-15,17,24,26-27,33-34,49H,11,16H2,1-4H3. The molecule has 0 radical (unpaired) electrons. The van der Waals surface area contributed by atoms with Crippen molar-refractivity contribution in [1.82, 2.24) is 9.78 Å². The fourth-order valence-corrected chi connectivity index (χ4v) is 11.4. The van der Waals surface area contributed by atoms with Crippen LogP contribution >= 0.6 is 50.5 Å². The summed E-state index contributed by atoms with van der Waals surface area (Å²) < 4.78 is 8.90. The van der Waals surface area contributed by atoms with Crippen LogP contribution in [-0.2, 0) is 26.2 Å². The lowest BCUT2D eigenvalue weighted by Crippen LogP contribution is -2.49. The molecule has 5 aromatic rings. The van der Waals surface area contributed by atoms with Crippen molar-refractivity contribution in [3.63, 3.8) is 0 Å². The second kappa shape index (κ2) is 12.8. The van der Waals surface area contributed by atoms with E-state index in [1.165, 1.54) is 16.9 Å². The molecule has 2 saturated heterocycles. The summed E-state index contributed by atoms with van der Waals surface area (Å²) in [5.41, 5.74) is 2.07. The van der Waals surface area contributed by atoms with Gasteiger partial charge in [0.05, 0.1) is 45.9 Å². The van der Waals surface area contributed by atoms with Gasteiger partial charge in [0.15, 0.2) is 11.5 Å². The topological polar surface area (TPSA) is 122 Å². The number of hydrogen-bond acceptors (Lipinski definition) is 8. The number of aromatic hydroxyl groups is 1. The molecule has 4 aliphatic rings. The van der Waals surface area contributed by atoms with Crippen LogP contribution in [0.3, 0.4) is 0 Å². The molecule has 2 aliphatic carbocycles. The van der Waals surface area contributed by atoms with E-state index in [1.807, 2.05) is 31.2 Å². The summed E-state index contributed by atoms with van der Waals surface area (Å²) in [6.07, 6.45) is 2.43. The number of imide groups is 2. The number of aromatic nitrogens is 2. The first kappa shape index (κ1) is 36.2. The zero-order valence-electron chi connectivity index (χ0n) is 30.0. The Bertz CT molecular complexity index is 2570. The Morgan fingerprint density at radius 3 is 2.44 bits per heavy atom. The number of anilines is 2. The SMILES string of the molecule is COc1cc(C2C3=CCC4C(=O)N(c5ccc(Br)cc5)C(=O)C4C3CC3C(=O)N(c4cc(-c5sc6ccc(Cl)cc6c5C)nn4C)C(=O)C32C)cc(Cl)c1O. The molecule has 0 bridgehead atoms. The lowest BCUT2D eigenvalue weighted by molar-refractivity contribution is -0.131. The molecule has 1 saturated carbocycles.